The average molecular weight is 402 g/mol. The number of esters is 1. The van der Waals surface area contributed by atoms with Crippen LogP contribution in [0.1, 0.15) is 22.8 Å². The number of non-ortho nitro benzene ring substituents is 1. The molecule has 2 aromatic rings. The fourth-order valence-electron chi connectivity index (χ4n) is 2.19. The van der Waals surface area contributed by atoms with E-state index < -0.39 is 23.4 Å². The highest BCUT2D eigenvalue weighted by Gasteiger charge is 2.16. The van der Waals surface area contributed by atoms with Crippen molar-refractivity contribution in [1.82, 2.24) is 0 Å². The van der Waals surface area contributed by atoms with E-state index in [1.165, 1.54) is 36.9 Å². The molecule has 0 aliphatic rings. The van der Waals surface area contributed by atoms with Crippen LogP contribution in [0.5, 0.6) is 0 Å². The lowest BCUT2D eigenvalue weighted by molar-refractivity contribution is -0.384. The van der Waals surface area contributed by atoms with Crippen molar-refractivity contribution in [2.24, 2.45) is 0 Å². The van der Waals surface area contributed by atoms with Crippen molar-refractivity contribution in [1.29, 1.82) is 0 Å². The maximum atomic E-state index is 12.3. The molecule has 2 rings (SSSR count). The van der Waals surface area contributed by atoms with Crippen molar-refractivity contribution in [3.05, 3.63) is 63.7 Å². The molecule has 9 heteroatoms. The first kappa shape index (κ1) is 21.1. The number of anilines is 1. The minimum Gasteiger partial charge on any atom is -0.452 e. The molecular weight excluding hydrogens is 384 g/mol. The number of rotatable bonds is 8. The maximum Gasteiger partial charge on any atom is 0.339 e. The van der Waals surface area contributed by atoms with Gasteiger partial charge in [-0.2, -0.15) is 0 Å². The van der Waals surface area contributed by atoms with E-state index in [2.05, 4.69) is 5.32 Å². The van der Waals surface area contributed by atoms with Crippen molar-refractivity contribution in [3.8, 4) is 0 Å². The second-order valence-electron chi connectivity index (χ2n) is 5.87. The van der Waals surface area contributed by atoms with Crippen LogP contribution in [0.2, 0.25) is 0 Å². The normalized spacial score (nSPS) is 10.2. The largest absolute Gasteiger partial charge is 0.452 e. The monoisotopic (exact) mass is 402 g/mol. The Hall–Kier alpha value is -3.20. The number of nitrogens with one attached hydrogen (secondary N) is 1. The number of ketones is 1. The minimum absolute atomic E-state index is 0.0279. The Kier molecular flexibility index (Phi) is 7.28. The lowest BCUT2D eigenvalue weighted by atomic mass is 10.2. The highest BCUT2D eigenvalue weighted by atomic mass is 32.2. The lowest BCUT2D eigenvalue weighted by Gasteiger charge is -2.10. The van der Waals surface area contributed by atoms with E-state index >= 15 is 0 Å². The standard InChI is InChI=1S/C19H18N2O6S/c1-12-7-8-14(21(25)26)9-16(12)20-18(23)10-27-19(24)15-5-3-4-6-17(15)28-11-13(2)22/h3-9H,10-11H2,1-2H3,(H,20,23). The summed E-state index contributed by atoms with van der Waals surface area (Å²) in [7, 11) is 0. The van der Waals surface area contributed by atoms with Crippen LogP contribution in [0, 0.1) is 17.0 Å². The first-order valence-electron chi connectivity index (χ1n) is 8.21. The Morgan fingerprint density at radius 1 is 1.18 bits per heavy atom. The third kappa shape index (κ3) is 5.92. The van der Waals surface area contributed by atoms with Crippen LogP contribution in [0.25, 0.3) is 0 Å². The number of ether oxygens (including phenoxy) is 1. The summed E-state index contributed by atoms with van der Waals surface area (Å²) in [6, 6.07) is 10.7. The number of nitro benzene ring substituents is 1. The molecule has 0 bridgehead atoms. The third-order valence-electron chi connectivity index (χ3n) is 3.58. The zero-order valence-corrected chi connectivity index (χ0v) is 16.1. The molecule has 0 aliphatic carbocycles. The highest BCUT2D eigenvalue weighted by Crippen LogP contribution is 2.24. The molecule has 0 heterocycles. The topological polar surface area (TPSA) is 116 Å². The number of benzene rings is 2. The van der Waals surface area contributed by atoms with E-state index in [0.29, 0.717) is 10.5 Å². The van der Waals surface area contributed by atoms with Crippen LogP contribution >= 0.6 is 11.8 Å². The Morgan fingerprint density at radius 3 is 2.57 bits per heavy atom. The summed E-state index contributed by atoms with van der Waals surface area (Å²) in [4.78, 5) is 46.4. The summed E-state index contributed by atoms with van der Waals surface area (Å²) in [5, 5.41) is 13.3. The Bertz CT molecular complexity index is 928. The molecule has 0 spiro atoms. The zero-order chi connectivity index (χ0) is 20.7. The zero-order valence-electron chi connectivity index (χ0n) is 15.3. The molecule has 146 valence electrons. The number of nitrogens with zero attached hydrogens (tertiary/aromatic N) is 1. The summed E-state index contributed by atoms with van der Waals surface area (Å²) in [6.45, 7) is 2.59. The van der Waals surface area contributed by atoms with Crippen LogP contribution in [0.4, 0.5) is 11.4 Å². The summed E-state index contributed by atoms with van der Waals surface area (Å²) >= 11 is 1.21. The smallest absolute Gasteiger partial charge is 0.339 e. The summed E-state index contributed by atoms with van der Waals surface area (Å²) in [6.07, 6.45) is 0. The first-order chi connectivity index (χ1) is 13.3. The first-order valence-corrected chi connectivity index (χ1v) is 9.19. The molecule has 0 aromatic heterocycles. The molecule has 1 amide bonds. The lowest BCUT2D eigenvalue weighted by Crippen LogP contribution is -2.21. The molecule has 0 saturated heterocycles. The quantitative estimate of drug-likeness (QED) is 0.311. The molecule has 0 unspecified atom stereocenters. The number of nitro groups is 1. The predicted octanol–water partition coefficient (Wildman–Crippen LogP) is 3.38. The highest BCUT2D eigenvalue weighted by molar-refractivity contribution is 8.00. The number of hydrogen-bond donors (Lipinski definition) is 1. The SMILES string of the molecule is CC(=O)CSc1ccccc1C(=O)OCC(=O)Nc1cc([N+](=O)[O-])ccc1C. The fraction of sp³-hybridized carbons (Fsp3) is 0.211. The number of aryl methyl sites for hydroxylation is 1. The number of carbonyl (C=O) groups is 3. The van der Waals surface area contributed by atoms with Gasteiger partial charge in [0.15, 0.2) is 6.61 Å². The number of thioether (sulfide) groups is 1. The Morgan fingerprint density at radius 2 is 1.89 bits per heavy atom. The maximum absolute atomic E-state index is 12.3. The van der Waals surface area contributed by atoms with Crippen molar-refractivity contribution >= 4 is 40.8 Å². The summed E-state index contributed by atoms with van der Waals surface area (Å²) < 4.78 is 5.04. The van der Waals surface area contributed by atoms with E-state index in [1.807, 2.05) is 0 Å². The van der Waals surface area contributed by atoms with Crippen LogP contribution in [-0.4, -0.2) is 34.9 Å². The number of hydrogen-bond acceptors (Lipinski definition) is 7. The molecule has 0 saturated carbocycles. The fourth-order valence-corrected chi connectivity index (χ4v) is 3.03. The van der Waals surface area contributed by atoms with E-state index in [9.17, 15) is 24.5 Å². The van der Waals surface area contributed by atoms with Gasteiger partial charge in [0.25, 0.3) is 11.6 Å². The minimum atomic E-state index is -0.697. The number of amides is 1. The van der Waals surface area contributed by atoms with Crippen LogP contribution < -0.4 is 5.32 Å². The van der Waals surface area contributed by atoms with Gasteiger partial charge in [0.05, 0.1) is 21.9 Å². The predicted molar refractivity (Wildman–Crippen MR) is 105 cm³/mol. The Labute approximate surface area is 165 Å². The van der Waals surface area contributed by atoms with E-state index in [-0.39, 0.29) is 28.5 Å². The van der Waals surface area contributed by atoms with Gasteiger partial charge in [-0.05, 0) is 31.5 Å². The van der Waals surface area contributed by atoms with Gasteiger partial charge in [-0.25, -0.2) is 4.79 Å². The van der Waals surface area contributed by atoms with Crippen molar-refractivity contribution < 1.29 is 24.0 Å². The van der Waals surface area contributed by atoms with Crippen molar-refractivity contribution in [2.75, 3.05) is 17.7 Å². The molecule has 0 radical (unpaired) electrons. The molecule has 28 heavy (non-hydrogen) atoms. The third-order valence-corrected chi connectivity index (χ3v) is 4.80. The second kappa shape index (κ2) is 9.65. The van der Waals surface area contributed by atoms with Crippen LogP contribution in [0.3, 0.4) is 0 Å². The van der Waals surface area contributed by atoms with Gasteiger partial charge in [-0.3, -0.25) is 19.7 Å². The molecule has 2 aromatic carbocycles. The summed E-state index contributed by atoms with van der Waals surface area (Å²) in [5.41, 5.74) is 1.01. The van der Waals surface area contributed by atoms with Gasteiger partial charge < -0.3 is 10.1 Å². The average Bonchev–Trinajstić information content (AvgIpc) is 2.66. The van der Waals surface area contributed by atoms with Crippen molar-refractivity contribution in [2.45, 2.75) is 18.7 Å². The summed E-state index contributed by atoms with van der Waals surface area (Å²) in [5.74, 6) is -1.13. The number of carbonyl (C=O) groups excluding carboxylic acids is 3. The molecule has 8 nitrogen and oxygen atoms in total. The van der Waals surface area contributed by atoms with E-state index in [0.717, 1.165) is 0 Å². The van der Waals surface area contributed by atoms with Crippen molar-refractivity contribution in [3.63, 3.8) is 0 Å². The van der Waals surface area contributed by atoms with Gasteiger partial charge in [0, 0.05) is 17.0 Å². The Balaban J connectivity index is 2.00. The molecular formula is C19H18N2O6S. The van der Waals surface area contributed by atoms with Gasteiger partial charge in [-0.15, -0.1) is 11.8 Å². The molecule has 0 fully saturated rings. The van der Waals surface area contributed by atoms with Gasteiger partial charge in [0.1, 0.15) is 5.78 Å². The number of Topliss-reactive ketones (excluding diaryl/α,β-unsaturated/α-hetero) is 1. The molecule has 0 atom stereocenters. The molecule has 0 aliphatic heterocycles. The second-order valence-corrected chi connectivity index (χ2v) is 6.88. The van der Waals surface area contributed by atoms with Gasteiger partial charge >= 0.3 is 5.97 Å². The van der Waals surface area contributed by atoms with Crippen LogP contribution in [0.15, 0.2) is 47.4 Å². The van der Waals surface area contributed by atoms with Gasteiger partial charge in [-0.1, -0.05) is 18.2 Å². The van der Waals surface area contributed by atoms with E-state index in [1.54, 1.807) is 31.2 Å². The van der Waals surface area contributed by atoms with E-state index in [4.69, 9.17) is 4.74 Å². The van der Waals surface area contributed by atoms with Gasteiger partial charge in [0.2, 0.25) is 0 Å². The molecule has 1 N–H and O–H groups in total. The van der Waals surface area contributed by atoms with Crippen LogP contribution in [-0.2, 0) is 14.3 Å².